The Hall–Kier alpha value is -2.05. The zero-order chi connectivity index (χ0) is 17.1. The fourth-order valence-electron chi connectivity index (χ4n) is 2.28. The molecule has 2 N–H and O–H groups in total. The molecule has 4 nitrogen and oxygen atoms in total. The number of aromatic amines is 1. The number of aromatic nitrogens is 2. The Kier molecular flexibility index (Phi) is 5.06. The molecule has 0 saturated heterocycles. The van der Waals surface area contributed by atoms with Gasteiger partial charge in [0, 0.05) is 5.02 Å². The Morgan fingerprint density at radius 1 is 1.33 bits per heavy atom. The number of imidazole rings is 1. The van der Waals surface area contributed by atoms with Crippen LogP contribution in [-0.4, -0.2) is 21.6 Å². The molecular weight excluding hydrogens is 349 g/mol. The maximum absolute atomic E-state index is 12.9. The predicted octanol–water partition coefficient (Wildman–Crippen LogP) is 4.32. The van der Waals surface area contributed by atoms with E-state index in [4.69, 9.17) is 11.6 Å². The fourth-order valence-corrected chi connectivity index (χ4v) is 3.15. The monoisotopic (exact) mass is 363 g/mol. The zero-order valence-electron chi connectivity index (χ0n) is 12.8. The van der Waals surface area contributed by atoms with Gasteiger partial charge in [0.1, 0.15) is 5.82 Å². The van der Waals surface area contributed by atoms with Crippen molar-refractivity contribution in [2.45, 2.75) is 18.1 Å². The first kappa shape index (κ1) is 16.8. The minimum atomic E-state index is -0.294. The number of thioether (sulfide) groups is 1. The van der Waals surface area contributed by atoms with Gasteiger partial charge >= 0.3 is 0 Å². The molecule has 0 aliphatic carbocycles. The van der Waals surface area contributed by atoms with Gasteiger partial charge in [-0.2, -0.15) is 0 Å². The van der Waals surface area contributed by atoms with E-state index in [2.05, 4.69) is 15.3 Å². The van der Waals surface area contributed by atoms with Crippen LogP contribution >= 0.6 is 23.4 Å². The lowest BCUT2D eigenvalue weighted by molar-refractivity contribution is -0.119. The van der Waals surface area contributed by atoms with Gasteiger partial charge in [0.15, 0.2) is 5.16 Å². The molecule has 1 atom stereocenters. The second kappa shape index (κ2) is 7.23. The van der Waals surface area contributed by atoms with E-state index in [1.165, 1.54) is 23.9 Å². The van der Waals surface area contributed by atoms with Crippen LogP contribution in [0.15, 0.2) is 47.6 Å². The second-order valence-electron chi connectivity index (χ2n) is 5.33. The van der Waals surface area contributed by atoms with E-state index >= 15 is 0 Å². The molecule has 0 bridgehead atoms. The maximum Gasteiger partial charge on any atom is 0.230 e. The number of hydrogen-bond acceptors (Lipinski definition) is 3. The highest BCUT2D eigenvalue weighted by molar-refractivity contribution is 7.99. The standard InChI is InChI=1S/C17H15ClFN3OS/c1-10(11-2-5-13(19)6-3-11)20-16(23)9-24-17-21-14-7-4-12(18)8-15(14)22-17/h2-8,10H,9H2,1H3,(H,20,23)(H,21,22). The van der Waals surface area contributed by atoms with Crippen molar-refractivity contribution >= 4 is 40.3 Å². The van der Waals surface area contributed by atoms with Crippen LogP contribution in [0.2, 0.25) is 5.02 Å². The lowest BCUT2D eigenvalue weighted by atomic mass is 10.1. The Morgan fingerprint density at radius 2 is 2.08 bits per heavy atom. The summed E-state index contributed by atoms with van der Waals surface area (Å²) in [5.41, 5.74) is 2.50. The predicted molar refractivity (Wildman–Crippen MR) is 94.8 cm³/mol. The number of hydrogen-bond donors (Lipinski definition) is 2. The van der Waals surface area contributed by atoms with Gasteiger partial charge < -0.3 is 10.3 Å². The number of halogens is 2. The maximum atomic E-state index is 12.9. The van der Waals surface area contributed by atoms with Gasteiger partial charge in [0.05, 0.1) is 22.8 Å². The van der Waals surface area contributed by atoms with Gasteiger partial charge in [-0.25, -0.2) is 9.37 Å². The Bertz CT molecular complexity index is 866. The van der Waals surface area contributed by atoms with Crippen LogP contribution in [0.1, 0.15) is 18.5 Å². The van der Waals surface area contributed by atoms with Gasteiger partial charge in [-0.3, -0.25) is 4.79 Å². The van der Waals surface area contributed by atoms with E-state index in [-0.39, 0.29) is 23.5 Å². The molecule has 0 fully saturated rings. The summed E-state index contributed by atoms with van der Waals surface area (Å²) in [5, 5.41) is 4.18. The smallest absolute Gasteiger partial charge is 0.230 e. The van der Waals surface area contributed by atoms with Crippen LogP contribution in [0.4, 0.5) is 4.39 Å². The average molecular weight is 364 g/mol. The molecule has 0 aliphatic rings. The van der Waals surface area contributed by atoms with Crippen LogP contribution in [0.25, 0.3) is 11.0 Å². The molecule has 0 spiro atoms. The molecule has 2 aromatic carbocycles. The number of benzene rings is 2. The summed E-state index contributed by atoms with van der Waals surface area (Å²) in [5.74, 6) is -0.174. The van der Waals surface area contributed by atoms with Crippen molar-refractivity contribution < 1.29 is 9.18 Å². The Balaban J connectivity index is 1.57. The summed E-state index contributed by atoms with van der Waals surface area (Å²) in [6, 6.07) is 11.3. The summed E-state index contributed by atoms with van der Waals surface area (Å²) >= 11 is 7.26. The third-order valence-electron chi connectivity index (χ3n) is 3.51. The van der Waals surface area contributed by atoms with E-state index in [1.807, 2.05) is 13.0 Å². The van der Waals surface area contributed by atoms with Crippen molar-refractivity contribution in [1.82, 2.24) is 15.3 Å². The van der Waals surface area contributed by atoms with Gasteiger partial charge in [-0.15, -0.1) is 0 Å². The number of amides is 1. The molecule has 1 aromatic heterocycles. The first-order chi connectivity index (χ1) is 11.5. The number of fused-ring (bicyclic) bond motifs is 1. The molecular formula is C17H15ClFN3OS. The Morgan fingerprint density at radius 3 is 2.83 bits per heavy atom. The first-order valence-corrected chi connectivity index (χ1v) is 8.70. The highest BCUT2D eigenvalue weighted by atomic mass is 35.5. The number of rotatable bonds is 5. The van der Waals surface area contributed by atoms with Crippen molar-refractivity contribution in [2.75, 3.05) is 5.75 Å². The molecule has 24 heavy (non-hydrogen) atoms. The molecule has 0 aliphatic heterocycles. The van der Waals surface area contributed by atoms with Crippen molar-refractivity contribution in [2.24, 2.45) is 0 Å². The fraction of sp³-hybridized carbons (Fsp3) is 0.176. The van der Waals surface area contributed by atoms with E-state index in [1.54, 1.807) is 24.3 Å². The Labute approximate surface area is 147 Å². The quantitative estimate of drug-likeness (QED) is 0.663. The van der Waals surface area contributed by atoms with Crippen LogP contribution in [-0.2, 0) is 4.79 Å². The molecule has 0 saturated carbocycles. The highest BCUT2D eigenvalue weighted by Gasteiger charge is 2.11. The number of H-pyrrole nitrogens is 1. The minimum Gasteiger partial charge on any atom is -0.349 e. The molecule has 1 amide bonds. The molecule has 3 aromatic rings. The number of nitrogens with one attached hydrogen (secondary N) is 2. The average Bonchev–Trinajstić information content (AvgIpc) is 2.95. The number of carbonyl (C=O) groups is 1. The molecule has 3 rings (SSSR count). The number of nitrogens with zero attached hydrogens (tertiary/aromatic N) is 1. The third-order valence-corrected chi connectivity index (χ3v) is 4.62. The largest absolute Gasteiger partial charge is 0.349 e. The van der Waals surface area contributed by atoms with Gasteiger partial charge in [0.2, 0.25) is 5.91 Å². The zero-order valence-corrected chi connectivity index (χ0v) is 14.4. The van der Waals surface area contributed by atoms with Crippen LogP contribution < -0.4 is 5.32 Å². The molecule has 0 radical (unpaired) electrons. The molecule has 7 heteroatoms. The van der Waals surface area contributed by atoms with E-state index in [9.17, 15) is 9.18 Å². The summed E-state index contributed by atoms with van der Waals surface area (Å²) in [4.78, 5) is 19.6. The number of carbonyl (C=O) groups excluding carboxylic acids is 1. The van der Waals surface area contributed by atoms with E-state index in [0.717, 1.165) is 16.6 Å². The van der Waals surface area contributed by atoms with Crippen LogP contribution in [0, 0.1) is 5.82 Å². The second-order valence-corrected chi connectivity index (χ2v) is 6.73. The summed E-state index contributed by atoms with van der Waals surface area (Å²) in [6.45, 7) is 1.86. The SMILES string of the molecule is CC(NC(=O)CSc1nc2ccc(Cl)cc2[nH]1)c1ccc(F)cc1. The van der Waals surface area contributed by atoms with Crippen molar-refractivity contribution in [3.05, 3.63) is 58.9 Å². The van der Waals surface area contributed by atoms with Gasteiger partial charge in [-0.1, -0.05) is 35.5 Å². The third kappa shape index (κ3) is 4.07. The minimum absolute atomic E-state index is 0.115. The van der Waals surface area contributed by atoms with Crippen LogP contribution in [0.5, 0.6) is 0 Å². The van der Waals surface area contributed by atoms with E-state index in [0.29, 0.717) is 10.2 Å². The van der Waals surface area contributed by atoms with Crippen molar-refractivity contribution in [3.8, 4) is 0 Å². The van der Waals surface area contributed by atoms with E-state index < -0.39 is 0 Å². The molecule has 1 unspecified atom stereocenters. The van der Waals surface area contributed by atoms with Gasteiger partial charge in [0.25, 0.3) is 0 Å². The highest BCUT2D eigenvalue weighted by Crippen LogP contribution is 2.22. The lowest BCUT2D eigenvalue weighted by Crippen LogP contribution is -2.28. The molecule has 124 valence electrons. The molecule has 1 heterocycles. The summed E-state index contributed by atoms with van der Waals surface area (Å²) in [6.07, 6.45) is 0. The normalized spacial score (nSPS) is 12.3. The summed E-state index contributed by atoms with van der Waals surface area (Å²) < 4.78 is 12.9. The van der Waals surface area contributed by atoms with Crippen molar-refractivity contribution in [3.63, 3.8) is 0 Å². The van der Waals surface area contributed by atoms with Crippen molar-refractivity contribution in [1.29, 1.82) is 0 Å². The van der Waals surface area contributed by atoms with Crippen LogP contribution in [0.3, 0.4) is 0 Å². The topological polar surface area (TPSA) is 57.8 Å². The lowest BCUT2D eigenvalue weighted by Gasteiger charge is -2.13. The van der Waals surface area contributed by atoms with Gasteiger partial charge in [-0.05, 0) is 42.8 Å². The summed E-state index contributed by atoms with van der Waals surface area (Å²) in [7, 11) is 0. The first-order valence-electron chi connectivity index (χ1n) is 7.34.